The molecule has 0 aliphatic rings. The second-order valence-corrected chi connectivity index (χ2v) is 6.87. The van der Waals surface area contributed by atoms with Gasteiger partial charge in [0.2, 0.25) is 0 Å². The van der Waals surface area contributed by atoms with Crippen LogP contribution in [0.4, 0.5) is 14.5 Å². The fourth-order valence-corrected chi connectivity index (χ4v) is 2.88. The highest BCUT2D eigenvalue weighted by Gasteiger charge is 2.20. The highest BCUT2D eigenvalue weighted by molar-refractivity contribution is 7.99. The molecule has 2 aromatic rings. The third kappa shape index (κ3) is 5.13. The normalized spacial score (nSPS) is 10.5. The first-order valence-corrected chi connectivity index (χ1v) is 8.98. The SMILES string of the molecule is COc1cc(NC(=O)c2ccc(SC(F)F)cc2)c(C(=O)N(C)C)cc1OC. The summed E-state index contributed by atoms with van der Waals surface area (Å²) in [5, 5.41) is 2.67. The summed E-state index contributed by atoms with van der Waals surface area (Å²) in [6, 6.07) is 8.73. The lowest BCUT2D eigenvalue weighted by Crippen LogP contribution is -2.24. The second kappa shape index (κ2) is 9.41. The minimum absolute atomic E-state index is 0.223. The number of alkyl halides is 2. The van der Waals surface area contributed by atoms with Crippen LogP contribution in [0.15, 0.2) is 41.3 Å². The van der Waals surface area contributed by atoms with E-state index in [1.807, 2.05) is 0 Å². The Labute approximate surface area is 165 Å². The van der Waals surface area contributed by atoms with Gasteiger partial charge in [0.15, 0.2) is 11.5 Å². The second-order valence-electron chi connectivity index (χ2n) is 5.81. The molecule has 1 N–H and O–H groups in total. The summed E-state index contributed by atoms with van der Waals surface area (Å²) in [4.78, 5) is 26.8. The summed E-state index contributed by atoms with van der Waals surface area (Å²) in [6.45, 7) is 0. The minimum atomic E-state index is -2.54. The van der Waals surface area contributed by atoms with Gasteiger partial charge in [0.05, 0.1) is 25.5 Å². The zero-order valence-electron chi connectivity index (χ0n) is 15.8. The molecule has 2 rings (SSSR count). The summed E-state index contributed by atoms with van der Waals surface area (Å²) in [5.41, 5.74) is 0.727. The Morgan fingerprint density at radius 1 is 1.04 bits per heavy atom. The summed E-state index contributed by atoms with van der Waals surface area (Å²) in [7, 11) is 6.06. The monoisotopic (exact) mass is 410 g/mol. The number of hydrogen-bond donors (Lipinski definition) is 1. The van der Waals surface area contributed by atoms with Crippen LogP contribution in [-0.4, -0.2) is 50.8 Å². The Morgan fingerprint density at radius 2 is 1.61 bits per heavy atom. The number of thioether (sulfide) groups is 1. The molecule has 0 aliphatic heterocycles. The fourth-order valence-electron chi connectivity index (χ4n) is 2.38. The lowest BCUT2D eigenvalue weighted by molar-refractivity contribution is 0.0828. The molecule has 0 bridgehead atoms. The highest BCUT2D eigenvalue weighted by Crippen LogP contribution is 2.34. The topological polar surface area (TPSA) is 67.9 Å². The lowest BCUT2D eigenvalue weighted by atomic mass is 10.1. The van der Waals surface area contributed by atoms with Crippen LogP contribution in [0.25, 0.3) is 0 Å². The van der Waals surface area contributed by atoms with E-state index in [2.05, 4.69) is 5.32 Å². The van der Waals surface area contributed by atoms with Gasteiger partial charge in [0.1, 0.15) is 0 Å². The van der Waals surface area contributed by atoms with Gasteiger partial charge in [-0.1, -0.05) is 11.8 Å². The van der Waals surface area contributed by atoms with E-state index in [4.69, 9.17) is 9.47 Å². The van der Waals surface area contributed by atoms with Crippen LogP contribution in [0.2, 0.25) is 0 Å². The summed E-state index contributed by atoms with van der Waals surface area (Å²) >= 11 is 0.396. The predicted octanol–water partition coefficient (Wildman–Crippen LogP) is 3.97. The van der Waals surface area contributed by atoms with E-state index in [1.165, 1.54) is 55.5 Å². The average molecular weight is 410 g/mol. The van der Waals surface area contributed by atoms with Gasteiger partial charge in [-0.05, 0) is 30.3 Å². The molecule has 0 atom stereocenters. The van der Waals surface area contributed by atoms with Crippen LogP contribution in [0.5, 0.6) is 11.5 Å². The van der Waals surface area contributed by atoms with Gasteiger partial charge in [-0.2, -0.15) is 8.78 Å². The molecule has 0 radical (unpaired) electrons. The van der Waals surface area contributed by atoms with E-state index in [-0.39, 0.29) is 22.7 Å². The van der Waals surface area contributed by atoms with Gasteiger partial charge in [0.25, 0.3) is 17.6 Å². The van der Waals surface area contributed by atoms with Crippen LogP contribution >= 0.6 is 11.8 Å². The number of halogens is 2. The maximum absolute atomic E-state index is 12.6. The summed E-state index contributed by atoms with van der Waals surface area (Å²) in [5.74, 6) is -2.67. The van der Waals surface area contributed by atoms with Crippen LogP contribution < -0.4 is 14.8 Å². The number of benzene rings is 2. The smallest absolute Gasteiger partial charge is 0.288 e. The van der Waals surface area contributed by atoms with Crippen LogP contribution in [-0.2, 0) is 0 Å². The summed E-state index contributed by atoms with van der Waals surface area (Å²) in [6.07, 6.45) is 0. The molecule has 0 aromatic heterocycles. The Morgan fingerprint density at radius 3 is 2.11 bits per heavy atom. The van der Waals surface area contributed by atoms with Crippen LogP contribution in [0.3, 0.4) is 0 Å². The molecule has 2 amide bonds. The minimum Gasteiger partial charge on any atom is -0.493 e. The van der Waals surface area contributed by atoms with Gasteiger partial charge in [-0.25, -0.2) is 0 Å². The molecule has 0 spiro atoms. The average Bonchev–Trinajstić information content (AvgIpc) is 2.66. The number of anilines is 1. The molecule has 0 aliphatic carbocycles. The number of carbonyl (C=O) groups is 2. The number of ether oxygens (including phenoxy) is 2. The van der Waals surface area contributed by atoms with Crippen molar-refractivity contribution in [3.05, 3.63) is 47.5 Å². The third-order valence-electron chi connectivity index (χ3n) is 3.75. The lowest BCUT2D eigenvalue weighted by Gasteiger charge is -2.18. The summed E-state index contributed by atoms with van der Waals surface area (Å²) < 4.78 is 35.3. The van der Waals surface area contributed by atoms with Gasteiger partial charge in [-0.3, -0.25) is 9.59 Å². The molecule has 0 unspecified atom stereocenters. The van der Waals surface area contributed by atoms with Crippen molar-refractivity contribution in [2.45, 2.75) is 10.7 Å². The molecule has 2 aromatic carbocycles. The van der Waals surface area contributed by atoms with Crippen molar-refractivity contribution in [3.8, 4) is 11.5 Å². The predicted molar refractivity (Wildman–Crippen MR) is 104 cm³/mol. The highest BCUT2D eigenvalue weighted by atomic mass is 32.2. The van der Waals surface area contributed by atoms with Gasteiger partial charge >= 0.3 is 0 Å². The van der Waals surface area contributed by atoms with E-state index < -0.39 is 11.7 Å². The Kier molecular flexibility index (Phi) is 7.22. The van der Waals surface area contributed by atoms with E-state index >= 15 is 0 Å². The number of amides is 2. The van der Waals surface area contributed by atoms with E-state index in [0.717, 1.165) is 0 Å². The first-order chi connectivity index (χ1) is 13.3. The van der Waals surface area contributed by atoms with E-state index in [0.29, 0.717) is 28.2 Å². The van der Waals surface area contributed by atoms with Crippen molar-refractivity contribution < 1.29 is 27.8 Å². The molecule has 0 saturated heterocycles. The number of carbonyl (C=O) groups excluding carboxylic acids is 2. The van der Waals surface area contributed by atoms with Crippen molar-refractivity contribution in [2.24, 2.45) is 0 Å². The maximum atomic E-state index is 12.6. The first-order valence-electron chi connectivity index (χ1n) is 8.10. The molecule has 0 fully saturated rings. The standard InChI is InChI=1S/C19H20F2N2O4S/c1-23(2)18(25)13-9-15(26-3)16(27-4)10-14(13)22-17(24)11-5-7-12(8-6-11)28-19(20)21/h5-10,19H,1-4H3,(H,22,24). The number of rotatable bonds is 7. The molecule has 0 heterocycles. The molecule has 150 valence electrons. The molecular formula is C19H20F2N2O4S. The van der Waals surface area contributed by atoms with Crippen LogP contribution in [0, 0.1) is 0 Å². The Balaban J connectivity index is 2.35. The zero-order chi connectivity index (χ0) is 20.8. The van der Waals surface area contributed by atoms with Crippen molar-refractivity contribution in [3.63, 3.8) is 0 Å². The first kappa shape index (κ1) is 21.5. The van der Waals surface area contributed by atoms with Gasteiger partial charge in [-0.15, -0.1) is 0 Å². The number of hydrogen-bond acceptors (Lipinski definition) is 5. The molecule has 9 heteroatoms. The quantitative estimate of drug-likeness (QED) is 0.700. The van der Waals surface area contributed by atoms with Gasteiger partial charge in [0, 0.05) is 30.6 Å². The zero-order valence-corrected chi connectivity index (χ0v) is 16.6. The molecule has 0 saturated carbocycles. The van der Waals surface area contributed by atoms with Crippen molar-refractivity contribution >= 4 is 29.3 Å². The largest absolute Gasteiger partial charge is 0.493 e. The third-order valence-corrected chi connectivity index (χ3v) is 4.47. The van der Waals surface area contributed by atoms with Crippen molar-refractivity contribution in [2.75, 3.05) is 33.6 Å². The Bertz CT molecular complexity index is 858. The molecule has 6 nitrogen and oxygen atoms in total. The fraction of sp³-hybridized carbons (Fsp3) is 0.263. The van der Waals surface area contributed by atoms with E-state index in [1.54, 1.807) is 14.1 Å². The number of nitrogens with zero attached hydrogens (tertiary/aromatic N) is 1. The van der Waals surface area contributed by atoms with Gasteiger partial charge < -0.3 is 19.7 Å². The van der Waals surface area contributed by atoms with Crippen molar-refractivity contribution in [1.29, 1.82) is 0 Å². The van der Waals surface area contributed by atoms with Crippen molar-refractivity contribution in [1.82, 2.24) is 4.90 Å². The maximum Gasteiger partial charge on any atom is 0.288 e. The molecular weight excluding hydrogens is 390 g/mol. The van der Waals surface area contributed by atoms with E-state index in [9.17, 15) is 18.4 Å². The Hall–Kier alpha value is -2.81. The molecule has 28 heavy (non-hydrogen) atoms. The number of nitrogens with one attached hydrogen (secondary N) is 1. The van der Waals surface area contributed by atoms with Crippen LogP contribution in [0.1, 0.15) is 20.7 Å². The number of methoxy groups -OCH3 is 2.